The van der Waals surface area contributed by atoms with Gasteiger partial charge in [0, 0.05) is 6.04 Å². The maximum Gasteiger partial charge on any atom is 0.308 e. The fraction of sp³-hybridized carbons (Fsp3) is 0.429. The topological polar surface area (TPSA) is 75.6 Å². The van der Waals surface area contributed by atoms with Crippen LogP contribution in [0.15, 0.2) is 24.3 Å². The summed E-state index contributed by atoms with van der Waals surface area (Å²) in [5.74, 6) is -1.26. The number of hydrogen-bond acceptors (Lipinski definition) is 3. The Morgan fingerprint density at radius 1 is 1.35 bits per heavy atom. The van der Waals surface area contributed by atoms with Crippen LogP contribution in [0.1, 0.15) is 19.3 Å². The summed E-state index contributed by atoms with van der Waals surface area (Å²) in [6.07, 6.45) is 2.10. The number of rotatable bonds is 5. The number of carboxylic acids is 1. The zero-order chi connectivity index (χ0) is 14.5. The molecule has 6 heteroatoms. The van der Waals surface area contributed by atoms with Crippen molar-refractivity contribution < 1.29 is 19.4 Å². The van der Waals surface area contributed by atoms with E-state index in [1.807, 2.05) is 0 Å². The highest BCUT2D eigenvalue weighted by Gasteiger charge is 2.33. The van der Waals surface area contributed by atoms with Crippen LogP contribution < -0.4 is 10.1 Å². The molecule has 0 heterocycles. The Kier molecular flexibility index (Phi) is 4.84. The van der Waals surface area contributed by atoms with E-state index in [2.05, 4.69) is 5.32 Å². The average molecular weight is 298 g/mol. The zero-order valence-electron chi connectivity index (χ0n) is 10.8. The van der Waals surface area contributed by atoms with E-state index >= 15 is 0 Å². The van der Waals surface area contributed by atoms with Crippen molar-refractivity contribution in [1.82, 2.24) is 5.32 Å². The Balaban J connectivity index is 1.84. The molecule has 0 unspecified atom stereocenters. The Labute approximate surface area is 121 Å². The minimum Gasteiger partial charge on any atom is -0.482 e. The summed E-state index contributed by atoms with van der Waals surface area (Å²) in [5, 5.41) is 12.2. The van der Waals surface area contributed by atoms with Gasteiger partial charge in [-0.25, -0.2) is 0 Å². The Morgan fingerprint density at radius 3 is 2.80 bits per heavy atom. The highest BCUT2D eigenvalue weighted by Crippen LogP contribution is 2.26. The third-order valence-electron chi connectivity index (χ3n) is 3.37. The molecule has 0 saturated heterocycles. The van der Waals surface area contributed by atoms with Gasteiger partial charge in [-0.15, -0.1) is 0 Å². The lowest BCUT2D eigenvalue weighted by Crippen LogP contribution is -2.42. The summed E-state index contributed by atoms with van der Waals surface area (Å²) in [7, 11) is 0. The average Bonchev–Trinajstić information content (AvgIpc) is 2.86. The molecule has 5 nitrogen and oxygen atoms in total. The van der Waals surface area contributed by atoms with Crippen LogP contribution in [0.5, 0.6) is 5.75 Å². The molecule has 20 heavy (non-hydrogen) atoms. The third kappa shape index (κ3) is 3.63. The summed E-state index contributed by atoms with van der Waals surface area (Å²) in [6, 6.07) is 6.56. The first-order valence-corrected chi connectivity index (χ1v) is 6.85. The molecule has 0 aromatic heterocycles. The van der Waals surface area contributed by atoms with E-state index in [1.165, 1.54) is 0 Å². The van der Waals surface area contributed by atoms with Crippen molar-refractivity contribution in [2.45, 2.75) is 25.3 Å². The lowest BCUT2D eigenvalue weighted by Gasteiger charge is -2.17. The van der Waals surface area contributed by atoms with Crippen molar-refractivity contribution in [3.05, 3.63) is 29.3 Å². The third-order valence-corrected chi connectivity index (χ3v) is 3.69. The number of benzene rings is 1. The largest absolute Gasteiger partial charge is 0.482 e. The van der Waals surface area contributed by atoms with Gasteiger partial charge in [0.25, 0.3) is 5.91 Å². The molecule has 0 spiro atoms. The number of carbonyl (C=O) groups is 2. The molecule has 1 aromatic carbocycles. The molecule has 2 rings (SSSR count). The Bertz CT molecular complexity index is 506. The van der Waals surface area contributed by atoms with Crippen LogP contribution >= 0.6 is 11.6 Å². The molecule has 0 bridgehead atoms. The quantitative estimate of drug-likeness (QED) is 0.872. The maximum absolute atomic E-state index is 11.8. The van der Waals surface area contributed by atoms with Crippen molar-refractivity contribution in [3.8, 4) is 5.75 Å². The highest BCUT2D eigenvalue weighted by atomic mass is 35.5. The number of carbonyl (C=O) groups excluding carboxylic acids is 1. The molecule has 0 radical (unpaired) electrons. The van der Waals surface area contributed by atoms with Crippen LogP contribution in [0.25, 0.3) is 0 Å². The van der Waals surface area contributed by atoms with Crippen LogP contribution in [-0.2, 0) is 9.59 Å². The van der Waals surface area contributed by atoms with Gasteiger partial charge < -0.3 is 15.2 Å². The molecule has 108 valence electrons. The molecule has 1 saturated carbocycles. The summed E-state index contributed by atoms with van der Waals surface area (Å²) in [6.45, 7) is -0.174. The Hall–Kier alpha value is -1.75. The highest BCUT2D eigenvalue weighted by molar-refractivity contribution is 6.32. The number of hydrogen-bond donors (Lipinski definition) is 2. The van der Waals surface area contributed by atoms with Crippen molar-refractivity contribution in [3.63, 3.8) is 0 Å². The molecule has 0 aliphatic heterocycles. The molecule has 1 aromatic rings. The lowest BCUT2D eigenvalue weighted by molar-refractivity contribution is -0.142. The number of carboxylic acid groups (broad SMARTS) is 1. The first kappa shape index (κ1) is 14.7. The number of amides is 1. The molecular weight excluding hydrogens is 282 g/mol. The van der Waals surface area contributed by atoms with E-state index in [-0.39, 0.29) is 18.6 Å². The second kappa shape index (κ2) is 6.61. The lowest BCUT2D eigenvalue weighted by atomic mass is 10.0. The normalized spacial score (nSPS) is 21.4. The van der Waals surface area contributed by atoms with Crippen molar-refractivity contribution in [2.24, 2.45) is 5.92 Å². The minimum atomic E-state index is -0.861. The van der Waals surface area contributed by atoms with Crippen molar-refractivity contribution >= 4 is 23.5 Å². The number of aliphatic carboxylic acids is 1. The fourth-order valence-corrected chi connectivity index (χ4v) is 2.57. The van der Waals surface area contributed by atoms with E-state index in [0.717, 1.165) is 6.42 Å². The Morgan fingerprint density at radius 2 is 2.10 bits per heavy atom. The second-order valence-electron chi connectivity index (χ2n) is 4.77. The van der Waals surface area contributed by atoms with Crippen LogP contribution in [0.4, 0.5) is 0 Å². The monoisotopic (exact) mass is 297 g/mol. The first-order valence-electron chi connectivity index (χ1n) is 6.47. The molecule has 2 N–H and O–H groups in total. The SMILES string of the molecule is O=C(COc1ccccc1Cl)N[C@H]1CCC[C@H]1C(=O)O. The second-order valence-corrected chi connectivity index (χ2v) is 5.18. The van der Waals surface area contributed by atoms with E-state index in [4.69, 9.17) is 21.4 Å². The predicted molar refractivity (Wildman–Crippen MR) is 73.9 cm³/mol. The first-order chi connectivity index (χ1) is 9.58. The summed E-state index contributed by atoms with van der Waals surface area (Å²) in [4.78, 5) is 22.8. The van der Waals surface area contributed by atoms with E-state index in [9.17, 15) is 9.59 Å². The summed E-state index contributed by atoms with van der Waals surface area (Å²) in [5.41, 5.74) is 0. The number of halogens is 1. The molecule has 2 atom stereocenters. The number of nitrogens with one attached hydrogen (secondary N) is 1. The molecular formula is C14H16ClNO4. The molecule has 1 fully saturated rings. The van der Waals surface area contributed by atoms with Crippen molar-refractivity contribution in [2.75, 3.05) is 6.61 Å². The van der Waals surface area contributed by atoms with Gasteiger partial charge in [0.1, 0.15) is 5.75 Å². The van der Waals surface area contributed by atoms with Crippen LogP contribution in [-0.4, -0.2) is 29.6 Å². The van der Waals surface area contributed by atoms with Gasteiger partial charge >= 0.3 is 5.97 Å². The van der Waals surface area contributed by atoms with Gasteiger partial charge in [-0.3, -0.25) is 9.59 Å². The van der Waals surface area contributed by atoms with Crippen LogP contribution in [0.2, 0.25) is 5.02 Å². The van der Waals surface area contributed by atoms with E-state index < -0.39 is 11.9 Å². The van der Waals surface area contributed by atoms with E-state index in [0.29, 0.717) is 23.6 Å². The number of para-hydroxylation sites is 1. The molecule has 1 amide bonds. The standard InChI is InChI=1S/C14H16ClNO4/c15-10-5-1-2-7-12(10)20-8-13(17)16-11-6-3-4-9(11)14(18)19/h1-2,5,7,9,11H,3-4,6,8H2,(H,16,17)(H,18,19)/t9-,11+/m1/s1. The van der Waals surface area contributed by atoms with Gasteiger partial charge in [0.05, 0.1) is 10.9 Å². The summed E-state index contributed by atoms with van der Waals surface area (Å²) < 4.78 is 5.31. The fourth-order valence-electron chi connectivity index (χ4n) is 2.38. The van der Waals surface area contributed by atoms with Gasteiger partial charge in [0.2, 0.25) is 0 Å². The van der Waals surface area contributed by atoms with Gasteiger partial charge in [-0.1, -0.05) is 30.2 Å². The smallest absolute Gasteiger partial charge is 0.308 e. The summed E-state index contributed by atoms with van der Waals surface area (Å²) >= 11 is 5.91. The van der Waals surface area contributed by atoms with Crippen LogP contribution in [0.3, 0.4) is 0 Å². The maximum atomic E-state index is 11.8. The number of ether oxygens (including phenoxy) is 1. The van der Waals surface area contributed by atoms with Crippen LogP contribution in [0, 0.1) is 5.92 Å². The van der Waals surface area contributed by atoms with Crippen molar-refractivity contribution in [1.29, 1.82) is 0 Å². The van der Waals surface area contributed by atoms with Gasteiger partial charge in [-0.2, -0.15) is 0 Å². The zero-order valence-corrected chi connectivity index (χ0v) is 11.6. The minimum absolute atomic E-state index is 0.174. The van der Waals surface area contributed by atoms with Gasteiger partial charge in [-0.05, 0) is 25.0 Å². The predicted octanol–water partition coefficient (Wildman–Crippen LogP) is 2.09. The molecule has 1 aliphatic carbocycles. The molecule has 1 aliphatic rings. The van der Waals surface area contributed by atoms with E-state index in [1.54, 1.807) is 24.3 Å². The van der Waals surface area contributed by atoms with Gasteiger partial charge in [0.15, 0.2) is 6.61 Å².